The van der Waals surface area contributed by atoms with Crippen molar-refractivity contribution < 1.29 is 4.79 Å². The van der Waals surface area contributed by atoms with E-state index in [0.717, 1.165) is 23.5 Å². The summed E-state index contributed by atoms with van der Waals surface area (Å²) in [5.41, 5.74) is 0.816. The van der Waals surface area contributed by atoms with E-state index in [2.05, 4.69) is 10.2 Å². The van der Waals surface area contributed by atoms with E-state index in [1.54, 1.807) is 17.7 Å². The highest BCUT2D eigenvalue weighted by atomic mass is 32.1. The van der Waals surface area contributed by atoms with Gasteiger partial charge in [0.1, 0.15) is 12.0 Å². The monoisotopic (exact) mass is 193 g/mol. The number of aromatic nitrogens is 3. The van der Waals surface area contributed by atoms with Gasteiger partial charge in [0.25, 0.3) is 0 Å². The van der Waals surface area contributed by atoms with Crippen LogP contribution < -0.4 is 0 Å². The number of hydrogen-bond donors (Lipinski definition) is 0. The SMILES string of the molecule is O=C1CCCc2sc3nncn3c21. The van der Waals surface area contributed by atoms with Crippen molar-refractivity contribution in [2.24, 2.45) is 0 Å². The van der Waals surface area contributed by atoms with Gasteiger partial charge in [0, 0.05) is 11.3 Å². The summed E-state index contributed by atoms with van der Waals surface area (Å²) in [6, 6.07) is 0. The van der Waals surface area contributed by atoms with Crippen molar-refractivity contribution in [2.45, 2.75) is 19.3 Å². The summed E-state index contributed by atoms with van der Waals surface area (Å²) >= 11 is 1.58. The molecule has 3 rings (SSSR count). The summed E-state index contributed by atoms with van der Waals surface area (Å²) in [6.45, 7) is 0. The van der Waals surface area contributed by atoms with Crippen LogP contribution >= 0.6 is 11.3 Å². The molecule has 0 N–H and O–H groups in total. The predicted octanol–water partition coefficient (Wildman–Crippen LogP) is 1.31. The molecule has 0 radical (unpaired) electrons. The van der Waals surface area contributed by atoms with Crippen molar-refractivity contribution >= 4 is 22.1 Å². The highest BCUT2D eigenvalue weighted by Crippen LogP contribution is 2.28. The average molecular weight is 193 g/mol. The summed E-state index contributed by atoms with van der Waals surface area (Å²) in [5.74, 6) is 0.229. The highest BCUT2D eigenvalue weighted by Gasteiger charge is 2.23. The van der Waals surface area contributed by atoms with Crippen LogP contribution in [0.1, 0.15) is 28.2 Å². The zero-order chi connectivity index (χ0) is 8.84. The maximum atomic E-state index is 11.6. The summed E-state index contributed by atoms with van der Waals surface area (Å²) in [6.07, 6.45) is 4.27. The van der Waals surface area contributed by atoms with Crippen LogP contribution in [0.5, 0.6) is 0 Å². The van der Waals surface area contributed by atoms with Gasteiger partial charge >= 0.3 is 0 Å². The Hall–Kier alpha value is -1.23. The second-order valence-electron chi connectivity index (χ2n) is 3.13. The van der Waals surface area contributed by atoms with E-state index < -0.39 is 0 Å². The second-order valence-corrected chi connectivity index (χ2v) is 4.20. The molecule has 1 aliphatic carbocycles. The Morgan fingerprint density at radius 1 is 1.46 bits per heavy atom. The van der Waals surface area contributed by atoms with Crippen LogP contribution in [-0.4, -0.2) is 20.4 Å². The Labute approximate surface area is 78.2 Å². The number of aryl methyl sites for hydroxylation is 1. The second kappa shape index (κ2) is 2.38. The molecular formula is C8H7N3OS. The molecule has 0 unspecified atom stereocenters. The molecule has 0 amide bonds. The zero-order valence-electron chi connectivity index (χ0n) is 6.86. The number of carbonyl (C=O) groups excluding carboxylic acids is 1. The lowest BCUT2D eigenvalue weighted by Gasteiger charge is -2.08. The smallest absolute Gasteiger partial charge is 0.216 e. The van der Waals surface area contributed by atoms with Crippen LogP contribution in [0, 0.1) is 0 Å². The number of carbonyl (C=O) groups is 1. The third-order valence-electron chi connectivity index (χ3n) is 2.31. The van der Waals surface area contributed by atoms with Crippen molar-refractivity contribution in [3.8, 4) is 0 Å². The van der Waals surface area contributed by atoms with Crippen LogP contribution in [0.15, 0.2) is 6.33 Å². The Balaban J connectivity index is 2.39. The maximum absolute atomic E-state index is 11.6. The molecule has 0 fully saturated rings. The molecule has 2 aromatic rings. The van der Waals surface area contributed by atoms with Gasteiger partial charge in [0.05, 0.1) is 0 Å². The summed E-state index contributed by atoms with van der Waals surface area (Å²) < 4.78 is 1.81. The van der Waals surface area contributed by atoms with Crippen molar-refractivity contribution in [3.05, 3.63) is 16.9 Å². The number of Topliss-reactive ketones (excluding diaryl/α,β-unsaturated/α-hetero) is 1. The van der Waals surface area contributed by atoms with Gasteiger partial charge in [-0.1, -0.05) is 11.3 Å². The van der Waals surface area contributed by atoms with Crippen molar-refractivity contribution in [1.82, 2.24) is 14.6 Å². The molecule has 0 saturated carbocycles. The molecule has 2 heterocycles. The Kier molecular flexibility index (Phi) is 1.32. The molecule has 0 atom stereocenters. The minimum absolute atomic E-state index is 0.229. The minimum Gasteiger partial charge on any atom is -0.292 e. The molecule has 0 aromatic carbocycles. The van der Waals surface area contributed by atoms with E-state index >= 15 is 0 Å². The first-order valence-corrected chi connectivity index (χ1v) is 5.02. The maximum Gasteiger partial charge on any atom is 0.216 e. The van der Waals surface area contributed by atoms with E-state index in [0.29, 0.717) is 6.42 Å². The van der Waals surface area contributed by atoms with Gasteiger partial charge < -0.3 is 0 Å². The summed E-state index contributed by atoms with van der Waals surface area (Å²) in [5, 5.41) is 7.71. The predicted molar refractivity (Wildman–Crippen MR) is 48.1 cm³/mol. The molecule has 0 saturated heterocycles. The van der Waals surface area contributed by atoms with Crippen molar-refractivity contribution in [3.63, 3.8) is 0 Å². The fourth-order valence-corrected chi connectivity index (χ4v) is 2.83. The Morgan fingerprint density at radius 2 is 2.38 bits per heavy atom. The lowest BCUT2D eigenvalue weighted by Crippen LogP contribution is -2.10. The van der Waals surface area contributed by atoms with Crippen LogP contribution in [0.25, 0.3) is 4.96 Å². The molecule has 0 aliphatic heterocycles. The highest BCUT2D eigenvalue weighted by molar-refractivity contribution is 7.17. The lowest BCUT2D eigenvalue weighted by atomic mass is 10.0. The van der Waals surface area contributed by atoms with Gasteiger partial charge in [0.15, 0.2) is 5.78 Å². The lowest BCUT2D eigenvalue weighted by molar-refractivity contribution is 0.0967. The topological polar surface area (TPSA) is 47.3 Å². The molecule has 0 bridgehead atoms. The number of ketones is 1. The van der Waals surface area contributed by atoms with Crippen LogP contribution in [0.3, 0.4) is 0 Å². The number of nitrogens with zero attached hydrogens (tertiary/aromatic N) is 3. The Morgan fingerprint density at radius 3 is 3.31 bits per heavy atom. The number of fused-ring (bicyclic) bond motifs is 3. The molecule has 5 heteroatoms. The molecule has 1 aliphatic rings. The third-order valence-corrected chi connectivity index (χ3v) is 3.41. The molecule has 0 spiro atoms. The number of thiazole rings is 1. The van der Waals surface area contributed by atoms with Crippen LogP contribution in [-0.2, 0) is 6.42 Å². The first-order valence-electron chi connectivity index (χ1n) is 4.21. The summed E-state index contributed by atoms with van der Waals surface area (Å²) in [4.78, 5) is 13.6. The normalized spacial score (nSPS) is 16.5. The van der Waals surface area contributed by atoms with Crippen LogP contribution in [0.4, 0.5) is 0 Å². The van der Waals surface area contributed by atoms with Gasteiger partial charge in [-0.15, -0.1) is 10.2 Å². The van der Waals surface area contributed by atoms with E-state index in [9.17, 15) is 4.79 Å². The largest absolute Gasteiger partial charge is 0.292 e. The van der Waals surface area contributed by atoms with Gasteiger partial charge in [-0.2, -0.15) is 0 Å². The van der Waals surface area contributed by atoms with Gasteiger partial charge in [-0.3, -0.25) is 9.20 Å². The fourth-order valence-electron chi connectivity index (χ4n) is 1.73. The summed E-state index contributed by atoms with van der Waals surface area (Å²) in [7, 11) is 0. The van der Waals surface area contributed by atoms with Crippen LogP contribution in [0.2, 0.25) is 0 Å². The van der Waals surface area contributed by atoms with Crippen molar-refractivity contribution in [2.75, 3.05) is 0 Å². The minimum atomic E-state index is 0.229. The Bertz CT molecular complexity index is 485. The van der Waals surface area contributed by atoms with Gasteiger partial charge in [-0.25, -0.2) is 0 Å². The van der Waals surface area contributed by atoms with Crippen molar-refractivity contribution in [1.29, 1.82) is 0 Å². The standard InChI is InChI=1S/C8H7N3OS/c12-5-2-1-3-6-7(5)11-4-9-10-8(11)13-6/h4H,1-3H2. The molecule has 66 valence electrons. The molecule has 4 nitrogen and oxygen atoms in total. The first-order chi connectivity index (χ1) is 6.36. The first kappa shape index (κ1) is 7.20. The van der Waals surface area contributed by atoms with Gasteiger partial charge in [-0.05, 0) is 12.8 Å². The average Bonchev–Trinajstić information content (AvgIpc) is 2.62. The van der Waals surface area contributed by atoms with Gasteiger partial charge in [0.2, 0.25) is 4.96 Å². The fraction of sp³-hybridized carbons (Fsp3) is 0.375. The van der Waals surface area contributed by atoms with E-state index in [4.69, 9.17) is 0 Å². The number of hydrogen-bond acceptors (Lipinski definition) is 4. The quantitative estimate of drug-likeness (QED) is 0.633. The molecule has 13 heavy (non-hydrogen) atoms. The zero-order valence-corrected chi connectivity index (χ0v) is 7.67. The van der Waals surface area contributed by atoms with E-state index in [1.165, 1.54) is 4.88 Å². The van der Waals surface area contributed by atoms with E-state index in [-0.39, 0.29) is 5.78 Å². The third kappa shape index (κ3) is 0.875. The number of rotatable bonds is 0. The molecular weight excluding hydrogens is 186 g/mol. The van der Waals surface area contributed by atoms with E-state index in [1.807, 2.05) is 4.40 Å². The molecule has 2 aromatic heterocycles.